The molecule has 1 unspecified atom stereocenters. The number of ether oxygens (including phenoxy) is 1. The van der Waals surface area contributed by atoms with Gasteiger partial charge in [-0.1, -0.05) is 6.07 Å². The van der Waals surface area contributed by atoms with E-state index in [0.717, 1.165) is 25.3 Å². The standard InChI is InChI=1S/C19H18F2N2O2/c1-24-13-6-8-18-16(11-13)22-19(25-18)23-9-3-2-4-17(23)14-7-5-12(20)10-15(14)21/h5-8,10-11,17H,2-4,9H2,1H3. The molecule has 1 atom stereocenters. The Morgan fingerprint density at radius 1 is 1.16 bits per heavy atom. The highest BCUT2D eigenvalue weighted by molar-refractivity contribution is 5.76. The number of hydrogen-bond acceptors (Lipinski definition) is 4. The Kier molecular flexibility index (Phi) is 4.03. The average molecular weight is 344 g/mol. The molecule has 0 N–H and O–H groups in total. The van der Waals surface area contributed by atoms with E-state index < -0.39 is 11.6 Å². The first-order valence-corrected chi connectivity index (χ1v) is 8.32. The summed E-state index contributed by atoms with van der Waals surface area (Å²) in [6.07, 6.45) is 2.72. The van der Waals surface area contributed by atoms with Gasteiger partial charge in [-0.3, -0.25) is 0 Å². The van der Waals surface area contributed by atoms with Crippen LogP contribution in [0.2, 0.25) is 0 Å². The zero-order valence-corrected chi connectivity index (χ0v) is 13.8. The molecule has 0 bridgehead atoms. The van der Waals surface area contributed by atoms with E-state index in [0.29, 0.717) is 35.0 Å². The monoisotopic (exact) mass is 344 g/mol. The third kappa shape index (κ3) is 2.92. The van der Waals surface area contributed by atoms with E-state index in [-0.39, 0.29) is 6.04 Å². The maximum Gasteiger partial charge on any atom is 0.298 e. The number of benzene rings is 2. The van der Waals surface area contributed by atoms with E-state index in [1.54, 1.807) is 13.2 Å². The zero-order chi connectivity index (χ0) is 17.4. The number of oxazole rings is 1. The minimum atomic E-state index is -0.572. The number of hydrogen-bond donors (Lipinski definition) is 0. The van der Waals surface area contributed by atoms with Crippen molar-refractivity contribution in [2.75, 3.05) is 18.6 Å². The third-order valence-corrected chi connectivity index (χ3v) is 4.65. The summed E-state index contributed by atoms with van der Waals surface area (Å²) >= 11 is 0. The van der Waals surface area contributed by atoms with Crippen molar-refractivity contribution in [3.05, 3.63) is 53.6 Å². The molecular weight excluding hydrogens is 326 g/mol. The molecule has 2 aromatic carbocycles. The average Bonchev–Trinajstić information content (AvgIpc) is 3.04. The maximum absolute atomic E-state index is 14.3. The Balaban J connectivity index is 1.73. The first-order chi connectivity index (χ1) is 12.2. The van der Waals surface area contributed by atoms with Gasteiger partial charge in [0.05, 0.1) is 13.2 Å². The fourth-order valence-corrected chi connectivity index (χ4v) is 3.40. The van der Waals surface area contributed by atoms with E-state index in [1.165, 1.54) is 12.1 Å². The first kappa shape index (κ1) is 15.9. The fraction of sp³-hybridized carbons (Fsp3) is 0.316. The van der Waals surface area contributed by atoms with E-state index in [4.69, 9.17) is 9.15 Å². The van der Waals surface area contributed by atoms with Crippen molar-refractivity contribution in [2.24, 2.45) is 0 Å². The molecule has 0 spiro atoms. The van der Waals surface area contributed by atoms with Crippen molar-refractivity contribution in [1.82, 2.24) is 4.98 Å². The molecule has 4 rings (SSSR count). The molecule has 130 valence electrons. The Morgan fingerprint density at radius 2 is 2.04 bits per heavy atom. The normalized spacial score (nSPS) is 17.9. The second kappa shape index (κ2) is 6.35. The summed E-state index contributed by atoms with van der Waals surface area (Å²) in [4.78, 5) is 6.52. The van der Waals surface area contributed by atoms with Crippen LogP contribution < -0.4 is 9.64 Å². The molecule has 1 aromatic heterocycles. The molecule has 6 heteroatoms. The van der Waals surface area contributed by atoms with Gasteiger partial charge in [0.25, 0.3) is 6.01 Å². The highest BCUT2D eigenvalue weighted by atomic mass is 19.1. The van der Waals surface area contributed by atoms with Crippen LogP contribution in [0.4, 0.5) is 14.8 Å². The summed E-state index contributed by atoms with van der Waals surface area (Å²) in [6.45, 7) is 0.714. The van der Waals surface area contributed by atoms with Crippen LogP contribution in [0, 0.1) is 11.6 Å². The Morgan fingerprint density at radius 3 is 2.84 bits per heavy atom. The number of anilines is 1. The molecule has 1 aliphatic rings. The number of piperidine rings is 1. The maximum atomic E-state index is 14.3. The second-order valence-corrected chi connectivity index (χ2v) is 6.20. The lowest BCUT2D eigenvalue weighted by molar-refractivity contribution is 0.415. The van der Waals surface area contributed by atoms with Crippen LogP contribution in [-0.4, -0.2) is 18.6 Å². The van der Waals surface area contributed by atoms with Gasteiger partial charge in [-0.25, -0.2) is 8.78 Å². The molecule has 0 aliphatic carbocycles. The molecule has 25 heavy (non-hydrogen) atoms. The third-order valence-electron chi connectivity index (χ3n) is 4.65. The van der Waals surface area contributed by atoms with E-state index in [1.807, 2.05) is 17.0 Å². The van der Waals surface area contributed by atoms with Gasteiger partial charge in [0, 0.05) is 24.2 Å². The largest absolute Gasteiger partial charge is 0.497 e. The highest BCUT2D eigenvalue weighted by Crippen LogP contribution is 2.37. The quantitative estimate of drug-likeness (QED) is 0.681. The van der Waals surface area contributed by atoms with Gasteiger partial charge in [0.1, 0.15) is 22.9 Å². The van der Waals surface area contributed by atoms with Crippen LogP contribution in [0.1, 0.15) is 30.9 Å². The highest BCUT2D eigenvalue weighted by Gasteiger charge is 2.29. The summed E-state index contributed by atoms with van der Waals surface area (Å²) in [7, 11) is 1.60. The van der Waals surface area contributed by atoms with Crippen LogP contribution in [-0.2, 0) is 0 Å². The summed E-state index contributed by atoms with van der Waals surface area (Å²) in [5.74, 6) is -0.403. The van der Waals surface area contributed by atoms with Crippen molar-refractivity contribution >= 4 is 17.1 Å². The van der Waals surface area contributed by atoms with Crippen LogP contribution in [0.5, 0.6) is 5.75 Å². The van der Waals surface area contributed by atoms with Crippen LogP contribution in [0.25, 0.3) is 11.1 Å². The van der Waals surface area contributed by atoms with Gasteiger partial charge in [-0.05, 0) is 37.5 Å². The SMILES string of the molecule is COc1ccc2oc(N3CCCCC3c3ccc(F)cc3F)nc2c1. The summed E-state index contributed by atoms with van der Waals surface area (Å²) < 4.78 is 38.6. The number of rotatable bonds is 3. The fourth-order valence-electron chi connectivity index (χ4n) is 3.40. The van der Waals surface area contributed by atoms with E-state index >= 15 is 0 Å². The molecule has 1 saturated heterocycles. The number of nitrogens with zero attached hydrogens (tertiary/aromatic N) is 2. The van der Waals surface area contributed by atoms with Crippen molar-refractivity contribution < 1.29 is 17.9 Å². The summed E-state index contributed by atoms with van der Waals surface area (Å²) in [6, 6.07) is 9.40. The lowest BCUT2D eigenvalue weighted by Crippen LogP contribution is -2.34. The Bertz CT molecular complexity index is 910. The van der Waals surface area contributed by atoms with E-state index in [9.17, 15) is 8.78 Å². The number of fused-ring (bicyclic) bond motifs is 1. The molecule has 0 amide bonds. The second-order valence-electron chi connectivity index (χ2n) is 6.20. The minimum Gasteiger partial charge on any atom is -0.497 e. The number of halogens is 2. The topological polar surface area (TPSA) is 38.5 Å². The van der Waals surface area contributed by atoms with Crippen LogP contribution in [0.15, 0.2) is 40.8 Å². The van der Waals surface area contributed by atoms with Crippen LogP contribution in [0.3, 0.4) is 0 Å². The number of methoxy groups -OCH3 is 1. The zero-order valence-electron chi connectivity index (χ0n) is 13.8. The van der Waals surface area contributed by atoms with Gasteiger partial charge in [0.15, 0.2) is 5.58 Å². The van der Waals surface area contributed by atoms with Crippen molar-refractivity contribution in [3.8, 4) is 5.75 Å². The predicted octanol–water partition coefficient (Wildman–Crippen LogP) is 4.85. The van der Waals surface area contributed by atoms with Gasteiger partial charge < -0.3 is 14.1 Å². The van der Waals surface area contributed by atoms with Gasteiger partial charge in [-0.2, -0.15) is 4.98 Å². The summed E-state index contributed by atoms with van der Waals surface area (Å²) in [5.41, 5.74) is 1.82. The predicted molar refractivity (Wildman–Crippen MR) is 90.9 cm³/mol. The summed E-state index contributed by atoms with van der Waals surface area (Å²) in [5, 5.41) is 0. The molecule has 0 radical (unpaired) electrons. The van der Waals surface area contributed by atoms with Crippen molar-refractivity contribution in [1.29, 1.82) is 0 Å². The Hall–Kier alpha value is -2.63. The Labute approximate surface area is 144 Å². The number of aromatic nitrogens is 1. The smallest absolute Gasteiger partial charge is 0.298 e. The molecule has 1 fully saturated rings. The van der Waals surface area contributed by atoms with Crippen LogP contribution >= 0.6 is 0 Å². The molecular formula is C19H18F2N2O2. The van der Waals surface area contributed by atoms with Gasteiger partial charge in [-0.15, -0.1) is 0 Å². The molecule has 2 heterocycles. The lowest BCUT2D eigenvalue weighted by atomic mass is 9.95. The van der Waals surface area contributed by atoms with Gasteiger partial charge >= 0.3 is 0 Å². The van der Waals surface area contributed by atoms with Crippen molar-refractivity contribution in [2.45, 2.75) is 25.3 Å². The van der Waals surface area contributed by atoms with Crippen molar-refractivity contribution in [3.63, 3.8) is 0 Å². The molecule has 3 aromatic rings. The molecule has 4 nitrogen and oxygen atoms in total. The molecule has 1 aliphatic heterocycles. The lowest BCUT2D eigenvalue weighted by Gasteiger charge is -2.35. The van der Waals surface area contributed by atoms with Gasteiger partial charge in [0.2, 0.25) is 0 Å². The first-order valence-electron chi connectivity index (χ1n) is 8.32. The molecule has 0 saturated carbocycles. The minimum absolute atomic E-state index is 0.218. The van der Waals surface area contributed by atoms with E-state index in [2.05, 4.69) is 4.98 Å².